The van der Waals surface area contributed by atoms with Crippen LogP contribution in [0.3, 0.4) is 0 Å². The zero-order chi connectivity index (χ0) is 27.2. The monoisotopic (exact) mass is 526 g/mol. The Bertz CT molecular complexity index is 1920. The maximum Gasteiger partial charge on any atom is 0.238 e. The van der Waals surface area contributed by atoms with E-state index in [0.717, 1.165) is 35.4 Å². The van der Waals surface area contributed by atoms with E-state index in [4.69, 9.17) is 15.0 Å². The second-order valence-electron chi connectivity index (χ2n) is 10.5. The highest BCUT2D eigenvalue weighted by Crippen LogP contribution is 2.41. The standard InChI is InChI=1S/C37H26N4/c1-4-11-27(12-5-1)35-38-36(28-13-6-2-7-14-28)40-37(39-35)41(31-17-8-3-9-18-31)32-23-29-21-19-25-15-10-16-26-20-22-30(24-32)34(29)33(25)26/h1-15,17-23H,16,24H2. The summed E-state index contributed by atoms with van der Waals surface area (Å²) in [4.78, 5) is 17.3. The molecule has 0 saturated heterocycles. The van der Waals surface area contributed by atoms with E-state index in [1.165, 1.54) is 33.0 Å². The lowest BCUT2D eigenvalue weighted by molar-refractivity contribution is 0.962. The Morgan fingerprint density at radius 2 is 1.12 bits per heavy atom. The van der Waals surface area contributed by atoms with Gasteiger partial charge in [-0.3, -0.25) is 4.90 Å². The van der Waals surface area contributed by atoms with E-state index in [2.05, 4.69) is 71.7 Å². The van der Waals surface area contributed by atoms with E-state index in [9.17, 15) is 0 Å². The van der Waals surface area contributed by atoms with Crippen LogP contribution in [0.2, 0.25) is 0 Å². The summed E-state index contributed by atoms with van der Waals surface area (Å²) in [6, 6.07) is 39.8. The van der Waals surface area contributed by atoms with Crippen LogP contribution in [0.1, 0.15) is 22.3 Å². The van der Waals surface area contributed by atoms with Gasteiger partial charge in [-0.2, -0.15) is 9.97 Å². The van der Waals surface area contributed by atoms with Gasteiger partial charge in [0.25, 0.3) is 0 Å². The zero-order valence-corrected chi connectivity index (χ0v) is 22.4. The quantitative estimate of drug-likeness (QED) is 0.225. The summed E-state index contributed by atoms with van der Waals surface area (Å²) in [5.41, 5.74) is 9.32. The predicted molar refractivity (Wildman–Crippen MR) is 168 cm³/mol. The topological polar surface area (TPSA) is 41.9 Å². The smallest absolute Gasteiger partial charge is 0.238 e. The van der Waals surface area contributed by atoms with Crippen molar-refractivity contribution in [3.63, 3.8) is 0 Å². The summed E-state index contributed by atoms with van der Waals surface area (Å²) in [7, 11) is 0. The van der Waals surface area contributed by atoms with Gasteiger partial charge in [0.15, 0.2) is 11.6 Å². The van der Waals surface area contributed by atoms with Gasteiger partial charge in [-0.15, -0.1) is 0 Å². The molecule has 0 aliphatic heterocycles. The molecule has 0 fully saturated rings. The van der Waals surface area contributed by atoms with Crippen molar-refractivity contribution in [1.29, 1.82) is 0 Å². The minimum Gasteiger partial charge on any atom is -0.282 e. The van der Waals surface area contributed by atoms with Crippen molar-refractivity contribution in [1.82, 2.24) is 15.0 Å². The summed E-state index contributed by atoms with van der Waals surface area (Å²) >= 11 is 0. The van der Waals surface area contributed by atoms with Crippen molar-refractivity contribution in [2.75, 3.05) is 4.90 Å². The van der Waals surface area contributed by atoms with Crippen molar-refractivity contribution in [3.8, 4) is 22.8 Å². The third-order valence-corrected chi connectivity index (χ3v) is 7.92. The van der Waals surface area contributed by atoms with E-state index in [0.29, 0.717) is 17.6 Å². The Balaban J connectivity index is 1.35. The zero-order valence-electron chi connectivity index (χ0n) is 22.4. The number of aromatic nitrogens is 3. The van der Waals surface area contributed by atoms with Crippen LogP contribution in [0.15, 0.2) is 127 Å². The van der Waals surface area contributed by atoms with Crippen LogP contribution in [0, 0.1) is 0 Å². The lowest BCUT2D eigenvalue weighted by atomic mass is 9.84. The van der Waals surface area contributed by atoms with Gasteiger partial charge >= 0.3 is 0 Å². The molecule has 0 amide bonds. The maximum atomic E-state index is 5.09. The van der Waals surface area contributed by atoms with Crippen LogP contribution in [0.4, 0.5) is 11.6 Å². The molecule has 6 aromatic rings. The average molecular weight is 527 g/mol. The SMILES string of the molecule is C1=Cc2ccc3c4c(ccc(c24)C1)CC(N(c1ccccc1)c1nc(-c2ccccc2)nc(-c2ccccc2)n1)=C3. The second-order valence-corrected chi connectivity index (χ2v) is 10.5. The number of nitrogens with zero attached hydrogens (tertiary/aromatic N) is 4. The Hall–Kier alpha value is -5.35. The number of benzene rings is 5. The van der Waals surface area contributed by atoms with Crippen molar-refractivity contribution in [3.05, 3.63) is 149 Å². The van der Waals surface area contributed by atoms with Crippen molar-refractivity contribution in [2.24, 2.45) is 0 Å². The van der Waals surface area contributed by atoms with Crippen LogP contribution in [-0.4, -0.2) is 15.0 Å². The molecule has 194 valence electrons. The fraction of sp³-hybridized carbons (Fsp3) is 0.0541. The molecule has 0 unspecified atom stereocenters. The van der Waals surface area contributed by atoms with E-state index in [1.807, 2.05) is 66.7 Å². The average Bonchev–Trinajstić information content (AvgIpc) is 3.05. The molecule has 1 heterocycles. The predicted octanol–water partition coefficient (Wildman–Crippen LogP) is 8.66. The molecule has 5 aromatic carbocycles. The summed E-state index contributed by atoms with van der Waals surface area (Å²) in [5, 5.41) is 2.76. The molecule has 0 saturated carbocycles. The third-order valence-electron chi connectivity index (χ3n) is 7.92. The highest BCUT2D eigenvalue weighted by Gasteiger charge is 2.25. The molecule has 0 bridgehead atoms. The number of anilines is 2. The fourth-order valence-electron chi connectivity index (χ4n) is 6.04. The van der Waals surface area contributed by atoms with Gasteiger partial charge in [0.1, 0.15) is 0 Å². The van der Waals surface area contributed by atoms with Gasteiger partial charge in [-0.1, -0.05) is 115 Å². The summed E-state index contributed by atoms with van der Waals surface area (Å²) in [6.07, 6.45) is 8.59. The molecule has 0 N–H and O–H groups in total. The number of para-hydroxylation sites is 1. The largest absolute Gasteiger partial charge is 0.282 e. The molecular weight excluding hydrogens is 500 g/mol. The molecule has 8 rings (SSSR count). The van der Waals surface area contributed by atoms with Crippen LogP contribution in [-0.2, 0) is 12.8 Å². The normalized spacial score (nSPS) is 13.2. The number of hydrogen-bond acceptors (Lipinski definition) is 4. The molecule has 41 heavy (non-hydrogen) atoms. The Labute approximate surface area is 239 Å². The Morgan fingerprint density at radius 1 is 0.537 bits per heavy atom. The van der Waals surface area contributed by atoms with Gasteiger partial charge in [-0.05, 0) is 57.7 Å². The third kappa shape index (κ3) is 4.12. The Morgan fingerprint density at radius 3 is 1.80 bits per heavy atom. The van der Waals surface area contributed by atoms with E-state index in [-0.39, 0.29) is 0 Å². The van der Waals surface area contributed by atoms with Crippen molar-refractivity contribution < 1.29 is 0 Å². The van der Waals surface area contributed by atoms with Gasteiger partial charge in [0.05, 0.1) is 0 Å². The second kappa shape index (κ2) is 9.68. The lowest BCUT2D eigenvalue weighted by Crippen LogP contribution is -2.23. The first-order chi connectivity index (χ1) is 20.3. The van der Waals surface area contributed by atoms with Crippen LogP contribution >= 0.6 is 0 Å². The molecule has 2 aliphatic rings. The first kappa shape index (κ1) is 23.5. The first-order valence-electron chi connectivity index (χ1n) is 14.0. The van der Waals surface area contributed by atoms with Gasteiger partial charge in [0, 0.05) is 28.9 Å². The van der Waals surface area contributed by atoms with E-state index in [1.54, 1.807) is 0 Å². The molecule has 4 heteroatoms. The Kier molecular flexibility index (Phi) is 5.56. The van der Waals surface area contributed by atoms with Gasteiger partial charge in [0.2, 0.25) is 5.95 Å². The summed E-state index contributed by atoms with van der Waals surface area (Å²) in [6.45, 7) is 0. The molecule has 0 atom stereocenters. The van der Waals surface area contributed by atoms with Crippen molar-refractivity contribution in [2.45, 2.75) is 12.8 Å². The number of rotatable bonds is 5. The van der Waals surface area contributed by atoms with Gasteiger partial charge in [-0.25, -0.2) is 4.98 Å². The summed E-state index contributed by atoms with van der Waals surface area (Å²) < 4.78 is 0. The maximum absolute atomic E-state index is 5.09. The highest BCUT2D eigenvalue weighted by molar-refractivity contribution is 6.03. The van der Waals surface area contributed by atoms with Gasteiger partial charge < -0.3 is 0 Å². The van der Waals surface area contributed by atoms with Crippen molar-refractivity contribution >= 4 is 34.6 Å². The lowest BCUT2D eigenvalue weighted by Gasteiger charge is -2.30. The molecule has 0 spiro atoms. The molecular formula is C37H26N4. The molecule has 2 aliphatic carbocycles. The minimum atomic E-state index is 0.604. The van der Waals surface area contributed by atoms with E-state index >= 15 is 0 Å². The van der Waals surface area contributed by atoms with Crippen LogP contribution < -0.4 is 4.90 Å². The fourth-order valence-corrected chi connectivity index (χ4v) is 6.04. The van der Waals surface area contributed by atoms with E-state index < -0.39 is 0 Å². The number of allylic oxidation sites excluding steroid dienone is 2. The highest BCUT2D eigenvalue weighted by atomic mass is 15.3. The summed E-state index contributed by atoms with van der Waals surface area (Å²) in [5.74, 6) is 1.90. The molecule has 4 nitrogen and oxygen atoms in total. The van der Waals surface area contributed by atoms with Crippen LogP contribution in [0.5, 0.6) is 0 Å². The number of hydrogen-bond donors (Lipinski definition) is 0. The molecule has 1 aromatic heterocycles. The van der Waals surface area contributed by atoms with Crippen LogP contribution in [0.25, 0.3) is 45.7 Å². The minimum absolute atomic E-state index is 0.604. The first-order valence-corrected chi connectivity index (χ1v) is 14.0. The molecule has 0 radical (unpaired) electrons.